The number of primary amides is 1. The fraction of sp³-hybridized carbons (Fsp3) is 0.226. The summed E-state index contributed by atoms with van der Waals surface area (Å²) in [5, 5.41) is 4.10. The maximum absolute atomic E-state index is 15.4. The molecule has 2 aromatic carbocycles. The molecule has 2 N–H and O–H groups in total. The van der Waals surface area contributed by atoms with E-state index in [1.54, 1.807) is 18.3 Å². The van der Waals surface area contributed by atoms with E-state index in [4.69, 9.17) is 10.7 Å². The molecule has 1 aliphatic heterocycles. The Labute approximate surface area is 229 Å². The molecule has 2 aliphatic rings. The van der Waals surface area contributed by atoms with Gasteiger partial charge in [-0.2, -0.15) is 5.10 Å². The van der Waals surface area contributed by atoms with E-state index < -0.39 is 11.7 Å². The first-order valence-corrected chi connectivity index (χ1v) is 13.4. The zero-order valence-corrected chi connectivity index (χ0v) is 21.9. The lowest BCUT2D eigenvalue weighted by atomic mass is 9.93. The third kappa shape index (κ3) is 4.05. The van der Waals surface area contributed by atoms with Crippen LogP contribution in [0.5, 0.6) is 0 Å². The number of rotatable bonds is 5. The van der Waals surface area contributed by atoms with E-state index in [2.05, 4.69) is 24.2 Å². The summed E-state index contributed by atoms with van der Waals surface area (Å²) in [5.74, 6) is -0.735. The predicted octanol–water partition coefficient (Wildman–Crippen LogP) is 5.06. The second kappa shape index (κ2) is 9.15. The van der Waals surface area contributed by atoms with E-state index in [0.717, 1.165) is 30.5 Å². The average molecular weight is 535 g/mol. The van der Waals surface area contributed by atoms with E-state index in [0.29, 0.717) is 35.0 Å². The summed E-state index contributed by atoms with van der Waals surface area (Å²) in [5.41, 5.74) is 11.7. The van der Waals surface area contributed by atoms with Crippen LogP contribution in [0.1, 0.15) is 69.1 Å². The van der Waals surface area contributed by atoms with Crippen LogP contribution in [0.3, 0.4) is 0 Å². The van der Waals surface area contributed by atoms with Gasteiger partial charge in [0.15, 0.2) is 0 Å². The second-order valence-electron chi connectivity index (χ2n) is 10.6. The number of carbonyl (C=O) groups excluding carboxylic acids is 2. The van der Waals surface area contributed by atoms with E-state index in [-0.39, 0.29) is 17.5 Å². The van der Waals surface area contributed by atoms with Crippen molar-refractivity contribution in [2.45, 2.75) is 38.1 Å². The van der Waals surface area contributed by atoms with Gasteiger partial charge in [0.2, 0.25) is 0 Å². The van der Waals surface area contributed by atoms with Crippen LogP contribution in [-0.2, 0) is 6.42 Å². The summed E-state index contributed by atoms with van der Waals surface area (Å²) in [7, 11) is 0. The summed E-state index contributed by atoms with van der Waals surface area (Å²) in [4.78, 5) is 31.9. The number of aromatic nitrogens is 4. The molecule has 3 aromatic heterocycles. The molecule has 2 amide bonds. The Morgan fingerprint density at radius 2 is 1.82 bits per heavy atom. The van der Waals surface area contributed by atoms with Gasteiger partial charge in [-0.05, 0) is 67.0 Å². The number of pyridine rings is 1. The summed E-state index contributed by atoms with van der Waals surface area (Å²) in [6, 6.07) is 15.0. The van der Waals surface area contributed by atoms with Gasteiger partial charge in [0.1, 0.15) is 11.5 Å². The van der Waals surface area contributed by atoms with E-state index in [1.807, 2.05) is 33.7 Å². The quantitative estimate of drug-likeness (QED) is 0.341. The van der Waals surface area contributed by atoms with Crippen LogP contribution in [0.25, 0.3) is 22.6 Å². The van der Waals surface area contributed by atoms with Crippen molar-refractivity contribution in [3.8, 4) is 16.9 Å². The van der Waals surface area contributed by atoms with E-state index >= 15 is 4.39 Å². The number of hydrogen-bond donors (Lipinski definition) is 1. The van der Waals surface area contributed by atoms with Crippen LogP contribution in [0.15, 0.2) is 73.3 Å². The topological polar surface area (TPSA) is 98.5 Å². The van der Waals surface area contributed by atoms with E-state index in [1.165, 1.54) is 34.3 Å². The first-order chi connectivity index (χ1) is 19.4. The second-order valence-corrected chi connectivity index (χ2v) is 10.6. The van der Waals surface area contributed by atoms with Gasteiger partial charge in [-0.1, -0.05) is 24.3 Å². The van der Waals surface area contributed by atoms with Gasteiger partial charge in [-0.3, -0.25) is 9.59 Å². The van der Waals surface area contributed by atoms with Gasteiger partial charge in [0.25, 0.3) is 11.8 Å². The molecule has 200 valence electrons. The minimum Gasteiger partial charge on any atom is -0.366 e. The Bertz CT molecular complexity index is 1820. The number of halogens is 1. The number of imidazole rings is 1. The van der Waals surface area contributed by atoms with Crippen molar-refractivity contribution in [3.63, 3.8) is 0 Å². The lowest BCUT2D eigenvalue weighted by Crippen LogP contribution is -2.39. The van der Waals surface area contributed by atoms with Gasteiger partial charge in [-0.15, -0.1) is 0 Å². The monoisotopic (exact) mass is 534 g/mol. The summed E-state index contributed by atoms with van der Waals surface area (Å²) < 4.78 is 18.6. The molecule has 1 saturated carbocycles. The van der Waals surface area contributed by atoms with Crippen LogP contribution in [0.4, 0.5) is 4.39 Å². The van der Waals surface area contributed by atoms with E-state index in [9.17, 15) is 9.59 Å². The van der Waals surface area contributed by atoms with Crippen LogP contribution < -0.4 is 5.73 Å². The highest BCUT2D eigenvalue weighted by Gasteiger charge is 2.32. The number of carbonyl (C=O) groups is 2. The summed E-state index contributed by atoms with van der Waals surface area (Å²) in [6.45, 7) is 2.74. The van der Waals surface area contributed by atoms with Gasteiger partial charge >= 0.3 is 0 Å². The fourth-order valence-electron chi connectivity index (χ4n) is 5.73. The number of amides is 2. The zero-order valence-electron chi connectivity index (χ0n) is 21.9. The molecule has 40 heavy (non-hydrogen) atoms. The molecule has 0 saturated heterocycles. The fourth-order valence-corrected chi connectivity index (χ4v) is 5.73. The predicted molar refractivity (Wildman–Crippen MR) is 148 cm³/mol. The average Bonchev–Trinajstić information content (AvgIpc) is 3.51. The number of nitrogens with two attached hydrogens (primary N) is 1. The standard InChI is InChI=1S/C31H27FN6O2/c1-18-24-5-3-2-4-19(24)10-11-37(18)31(40)21-12-26(20-6-7-20)30-35-28(17-36(30)15-21)25-9-8-23(13-27(25)32)38-16-22(14-34-38)29(33)39/h2-5,8-9,12-18,20H,6-7,10-11H2,1H3,(H2,33,39)/t18-/m1/s1. The molecule has 1 aliphatic carbocycles. The molecule has 1 atom stereocenters. The van der Waals surface area contributed by atoms with Gasteiger partial charge < -0.3 is 15.0 Å². The lowest BCUT2D eigenvalue weighted by molar-refractivity contribution is 0.0677. The minimum atomic E-state index is -0.600. The highest BCUT2D eigenvalue weighted by atomic mass is 19.1. The smallest absolute Gasteiger partial charge is 0.255 e. The van der Waals surface area contributed by atoms with Crippen molar-refractivity contribution >= 4 is 17.5 Å². The number of benzene rings is 2. The molecule has 8 nitrogen and oxygen atoms in total. The molecule has 7 rings (SSSR count). The highest BCUT2D eigenvalue weighted by Crippen LogP contribution is 2.43. The van der Waals surface area contributed by atoms with Crippen LogP contribution in [0.2, 0.25) is 0 Å². The molecular weight excluding hydrogens is 507 g/mol. The van der Waals surface area contributed by atoms with Crippen molar-refractivity contribution in [2.24, 2.45) is 5.73 Å². The van der Waals surface area contributed by atoms with Crippen LogP contribution >= 0.6 is 0 Å². The van der Waals surface area contributed by atoms with Crippen LogP contribution in [-0.4, -0.2) is 42.4 Å². The van der Waals surface area contributed by atoms with Gasteiger partial charge in [-0.25, -0.2) is 14.1 Å². The zero-order chi connectivity index (χ0) is 27.5. The number of nitrogens with zero attached hydrogens (tertiary/aromatic N) is 5. The maximum Gasteiger partial charge on any atom is 0.255 e. The molecule has 0 spiro atoms. The Hall–Kier alpha value is -4.79. The minimum absolute atomic E-state index is 0.00820. The molecule has 4 heterocycles. The SMILES string of the molecule is C[C@@H]1c2ccccc2CCN1C(=O)c1cc(C2CC2)c2nc(-c3ccc(-n4cc(C(N)=O)cn4)cc3F)cn2c1. The Kier molecular flexibility index (Phi) is 5.55. The Morgan fingerprint density at radius 1 is 1.00 bits per heavy atom. The molecule has 5 aromatic rings. The van der Waals surface area contributed by atoms with Crippen LogP contribution in [0, 0.1) is 5.82 Å². The molecule has 0 bridgehead atoms. The first-order valence-electron chi connectivity index (χ1n) is 13.4. The Balaban J connectivity index is 1.24. The van der Waals surface area contributed by atoms with Crippen molar-refractivity contribution in [1.29, 1.82) is 0 Å². The van der Waals surface area contributed by atoms with Crippen molar-refractivity contribution < 1.29 is 14.0 Å². The van der Waals surface area contributed by atoms with Gasteiger partial charge in [0, 0.05) is 36.8 Å². The Morgan fingerprint density at radius 3 is 2.58 bits per heavy atom. The van der Waals surface area contributed by atoms with Crippen molar-refractivity contribution in [2.75, 3.05) is 6.54 Å². The van der Waals surface area contributed by atoms with Crippen molar-refractivity contribution in [3.05, 3.63) is 107 Å². The molecule has 9 heteroatoms. The van der Waals surface area contributed by atoms with Gasteiger partial charge in [0.05, 0.1) is 34.7 Å². The first kappa shape index (κ1) is 24.3. The molecule has 0 unspecified atom stereocenters. The summed E-state index contributed by atoms with van der Waals surface area (Å²) in [6.07, 6.45) is 9.32. The third-order valence-electron chi connectivity index (χ3n) is 8.06. The maximum atomic E-state index is 15.4. The van der Waals surface area contributed by atoms with Crippen molar-refractivity contribution in [1.82, 2.24) is 24.1 Å². The third-order valence-corrected chi connectivity index (χ3v) is 8.06. The summed E-state index contributed by atoms with van der Waals surface area (Å²) >= 11 is 0. The normalized spacial score (nSPS) is 16.8. The lowest BCUT2D eigenvalue weighted by Gasteiger charge is -2.35. The largest absolute Gasteiger partial charge is 0.366 e. The molecular formula is C31H27FN6O2. The molecule has 1 fully saturated rings. The molecule has 0 radical (unpaired) electrons. The number of fused-ring (bicyclic) bond motifs is 2. The number of hydrogen-bond acceptors (Lipinski definition) is 4. The highest BCUT2D eigenvalue weighted by molar-refractivity contribution is 5.95.